The molecule has 3 N–H and O–H groups in total. The van der Waals surface area contributed by atoms with Gasteiger partial charge >= 0.3 is 0 Å². The molecule has 2 saturated carbocycles. The van der Waals surface area contributed by atoms with Crippen molar-refractivity contribution in [1.29, 1.82) is 0 Å². The molecule has 3 rings (SSSR count). The van der Waals surface area contributed by atoms with Crippen molar-refractivity contribution in [1.82, 2.24) is 5.32 Å². The molecule has 0 aromatic heterocycles. The first kappa shape index (κ1) is 16.9. The highest BCUT2D eigenvalue weighted by atomic mass is 32.1. The summed E-state index contributed by atoms with van der Waals surface area (Å²) < 4.78 is 0. The molecule has 2 amide bonds. The summed E-state index contributed by atoms with van der Waals surface area (Å²) in [7, 11) is 0. The van der Waals surface area contributed by atoms with Gasteiger partial charge in [0.15, 0.2) is 5.11 Å². The van der Waals surface area contributed by atoms with E-state index in [1.165, 1.54) is 6.42 Å². The van der Waals surface area contributed by atoms with Gasteiger partial charge in [-0.3, -0.25) is 9.59 Å². The Bertz CT molecular complexity index is 637. The monoisotopic (exact) mass is 345 g/mol. The van der Waals surface area contributed by atoms with Gasteiger partial charge in [-0.15, -0.1) is 0 Å². The van der Waals surface area contributed by atoms with Crippen molar-refractivity contribution in [2.24, 2.45) is 11.8 Å². The first-order chi connectivity index (χ1) is 11.6. The molecule has 0 unspecified atom stereocenters. The lowest BCUT2D eigenvalue weighted by atomic mass is 9.88. The Morgan fingerprint density at radius 2 is 1.50 bits per heavy atom. The van der Waals surface area contributed by atoms with Crippen LogP contribution in [0.2, 0.25) is 0 Å². The van der Waals surface area contributed by atoms with Gasteiger partial charge in [0.25, 0.3) is 0 Å². The summed E-state index contributed by atoms with van der Waals surface area (Å²) in [6, 6.07) is 7.39. The van der Waals surface area contributed by atoms with E-state index in [4.69, 9.17) is 12.2 Å². The number of rotatable bonds is 4. The van der Waals surface area contributed by atoms with Crippen LogP contribution in [-0.2, 0) is 9.59 Å². The van der Waals surface area contributed by atoms with Gasteiger partial charge in [-0.1, -0.05) is 25.3 Å². The average molecular weight is 345 g/mol. The molecule has 128 valence electrons. The summed E-state index contributed by atoms with van der Waals surface area (Å²) in [6.45, 7) is 0. The van der Waals surface area contributed by atoms with Crippen molar-refractivity contribution in [2.45, 2.75) is 44.9 Å². The molecule has 2 aliphatic rings. The third-order valence-electron chi connectivity index (χ3n) is 4.55. The molecule has 1 aromatic rings. The van der Waals surface area contributed by atoms with Crippen LogP contribution in [0.4, 0.5) is 11.4 Å². The van der Waals surface area contributed by atoms with Crippen molar-refractivity contribution in [2.75, 3.05) is 10.6 Å². The smallest absolute Gasteiger partial charge is 0.229 e. The molecule has 0 spiro atoms. The highest BCUT2D eigenvalue weighted by Gasteiger charge is 2.30. The Morgan fingerprint density at radius 1 is 0.875 bits per heavy atom. The normalized spacial score (nSPS) is 17.8. The number of thiocarbonyl (C=S) groups is 1. The molecule has 2 aliphatic carbocycles. The number of hydrogen-bond acceptors (Lipinski definition) is 3. The van der Waals surface area contributed by atoms with Crippen LogP contribution in [0.25, 0.3) is 0 Å². The Hall–Kier alpha value is -1.95. The van der Waals surface area contributed by atoms with Gasteiger partial charge in [0.2, 0.25) is 11.8 Å². The molecule has 2 fully saturated rings. The van der Waals surface area contributed by atoms with Crippen LogP contribution in [0.15, 0.2) is 24.3 Å². The van der Waals surface area contributed by atoms with E-state index in [9.17, 15) is 9.59 Å². The lowest BCUT2D eigenvalue weighted by Gasteiger charge is -2.21. The fraction of sp³-hybridized carbons (Fsp3) is 0.500. The van der Waals surface area contributed by atoms with Crippen LogP contribution in [0.3, 0.4) is 0 Å². The number of benzene rings is 1. The van der Waals surface area contributed by atoms with Crippen molar-refractivity contribution in [3.8, 4) is 0 Å². The van der Waals surface area contributed by atoms with Crippen LogP contribution >= 0.6 is 12.2 Å². The first-order valence-electron chi connectivity index (χ1n) is 8.64. The maximum Gasteiger partial charge on any atom is 0.229 e. The number of carbonyl (C=O) groups excluding carboxylic acids is 2. The molecule has 0 atom stereocenters. The molecular weight excluding hydrogens is 322 g/mol. The van der Waals surface area contributed by atoms with Gasteiger partial charge in [0.05, 0.1) is 0 Å². The topological polar surface area (TPSA) is 70.2 Å². The van der Waals surface area contributed by atoms with Gasteiger partial charge in [0, 0.05) is 23.2 Å². The van der Waals surface area contributed by atoms with Gasteiger partial charge in [-0.25, -0.2) is 0 Å². The molecule has 0 heterocycles. The van der Waals surface area contributed by atoms with Crippen molar-refractivity contribution < 1.29 is 9.59 Å². The maximum absolute atomic E-state index is 12.3. The maximum atomic E-state index is 12.3. The fourth-order valence-electron chi connectivity index (χ4n) is 3.01. The van der Waals surface area contributed by atoms with E-state index in [0.29, 0.717) is 5.11 Å². The molecule has 0 bridgehead atoms. The number of amides is 2. The Labute approximate surface area is 147 Å². The Morgan fingerprint density at radius 3 is 2.17 bits per heavy atom. The quantitative estimate of drug-likeness (QED) is 0.731. The molecular formula is C18H23N3O2S. The summed E-state index contributed by atoms with van der Waals surface area (Å²) >= 11 is 5.16. The van der Waals surface area contributed by atoms with E-state index in [1.807, 2.05) is 24.3 Å². The van der Waals surface area contributed by atoms with E-state index < -0.39 is 0 Å². The minimum Gasteiger partial charge on any atom is -0.332 e. The third kappa shape index (κ3) is 4.77. The lowest BCUT2D eigenvalue weighted by molar-refractivity contribution is -0.121. The largest absolute Gasteiger partial charge is 0.332 e. The predicted octanol–water partition coefficient (Wildman–Crippen LogP) is 3.43. The fourth-order valence-corrected chi connectivity index (χ4v) is 3.22. The average Bonchev–Trinajstić information content (AvgIpc) is 3.41. The van der Waals surface area contributed by atoms with E-state index >= 15 is 0 Å². The zero-order chi connectivity index (χ0) is 16.9. The van der Waals surface area contributed by atoms with E-state index in [0.717, 1.165) is 49.9 Å². The number of nitrogens with one attached hydrogen (secondary N) is 3. The summed E-state index contributed by atoms with van der Waals surface area (Å²) in [5.41, 5.74) is 1.49. The summed E-state index contributed by atoms with van der Waals surface area (Å²) in [5.74, 6) is 0.311. The molecule has 0 radical (unpaired) electrons. The molecule has 1 aromatic carbocycles. The Kier molecular flexibility index (Phi) is 5.45. The second kappa shape index (κ2) is 7.75. The number of anilines is 2. The van der Waals surface area contributed by atoms with Crippen LogP contribution in [0.1, 0.15) is 44.9 Å². The van der Waals surface area contributed by atoms with Crippen molar-refractivity contribution in [3.05, 3.63) is 24.3 Å². The number of carbonyl (C=O) groups is 2. The minimum absolute atomic E-state index is 0.0192. The van der Waals surface area contributed by atoms with Gasteiger partial charge in [-0.2, -0.15) is 0 Å². The van der Waals surface area contributed by atoms with Crippen LogP contribution in [-0.4, -0.2) is 16.9 Å². The Balaban J connectivity index is 1.54. The van der Waals surface area contributed by atoms with Crippen LogP contribution in [0, 0.1) is 11.8 Å². The van der Waals surface area contributed by atoms with Crippen LogP contribution in [0.5, 0.6) is 0 Å². The second-order valence-corrected chi connectivity index (χ2v) is 7.03. The van der Waals surface area contributed by atoms with Crippen molar-refractivity contribution >= 4 is 40.5 Å². The molecule has 0 aliphatic heterocycles. The molecule has 0 saturated heterocycles. The lowest BCUT2D eigenvalue weighted by Crippen LogP contribution is -2.35. The van der Waals surface area contributed by atoms with Crippen molar-refractivity contribution in [3.63, 3.8) is 0 Å². The van der Waals surface area contributed by atoms with Gasteiger partial charge in [-0.05, 0) is 56.1 Å². The van der Waals surface area contributed by atoms with E-state index in [1.54, 1.807) is 0 Å². The molecule has 24 heavy (non-hydrogen) atoms. The SMILES string of the molecule is O=C(NC(=S)Nc1cccc(NC(=O)C2CCCCC2)c1)C1CC1. The van der Waals surface area contributed by atoms with E-state index in [-0.39, 0.29) is 23.7 Å². The van der Waals surface area contributed by atoms with Crippen LogP contribution < -0.4 is 16.0 Å². The summed E-state index contributed by atoms with van der Waals surface area (Å²) in [5, 5.41) is 8.97. The predicted molar refractivity (Wildman–Crippen MR) is 98.7 cm³/mol. The number of hydrogen-bond donors (Lipinski definition) is 3. The molecule has 6 heteroatoms. The standard InChI is InChI=1S/C18H23N3O2S/c22-16(12-5-2-1-3-6-12)19-14-7-4-8-15(11-14)20-18(24)21-17(23)13-9-10-13/h4,7-8,11-13H,1-3,5-6,9-10H2,(H,19,22)(H2,20,21,23,24). The third-order valence-corrected chi connectivity index (χ3v) is 4.75. The highest BCUT2D eigenvalue weighted by molar-refractivity contribution is 7.80. The zero-order valence-corrected chi connectivity index (χ0v) is 14.5. The van der Waals surface area contributed by atoms with Gasteiger partial charge < -0.3 is 16.0 Å². The zero-order valence-electron chi connectivity index (χ0n) is 13.6. The first-order valence-corrected chi connectivity index (χ1v) is 9.05. The summed E-state index contributed by atoms with van der Waals surface area (Å²) in [4.78, 5) is 24.0. The summed E-state index contributed by atoms with van der Waals surface area (Å²) in [6.07, 6.45) is 7.33. The minimum atomic E-state index is -0.0192. The molecule has 5 nitrogen and oxygen atoms in total. The second-order valence-electron chi connectivity index (χ2n) is 6.62. The highest BCUT2D eigenvalue weighted by Crippen LogP contribution is 2.29. The van der Waals surface area contributed by atoms with E-state index in [2.05, 4.69) is 16.0 Å². The van der Waals surface area contributed by atoms with Gasteiger partial charge in [0.1, 0.15) is 0 Å².